The topological polar surface area (TPSA) is 39.1 Å². The van der Waals surface area contributed by atoms with Gasteiger partial charge in [0, 0.05) is 32.1 Å². The maximum absolute atomic E-state index is 5.66. The van der Waals surface area contributed by atoms with Crippen LogP contribution in [0.25, 0.3) is 0 Å². The normalized spacial score (nSPS) is 21.2. The van der Waals surface area contributed by atoms with E-state index in [2.05, 4.69) is 21.8 Å². The fourth-order valence-electron chi connectivity index (χ4n) is 2.11. The van der Waals surface area contributed by atoms with Crippen LogP contribution in [0, 0.1) is 0 Å². The zero-order valence-electron chi connectivity index (χ0n) is 9.98. The van der Waals surface area contributed by atoms with Crippen molar-refractivity contribution >= 4 is 0 Å². The zero-order valence-corrected chi connectivity index (χ0v) is 9.98. The van der Waals surface area contributed by atoms with E-state index in [4.69, 9.17) is 4.74 Å². The number of imidazole rings is 1. The molecule has 0 radical (unpaired) electrons. The molecule has 0 spiro atoms. The highest BCUT2D eigenvalue weighted by Gasteiger charge is 2.13. The van der Waals surface area contributed by atoms with Crippen molar-refractivity contribution in [2.24, 2.45) is 0 Å². The minimum atomic E-state index is 0.402. The maximum atomic E-state index is 5.66. The van der Waals surface area contributed by atoms with Crippen molar-refractivity contribution in [3.05, 3.63) is 18.2 Å². The Kier molecular flexibility index (Phi) is 4.36. The average Bonchev–Trinajstić information content (AvgIpc) is 2.78. The van der Waals surface area contributed by atoms with Crippen LogP contribution >= 0.6 is 0 Å². The summed E-state index contributed by atoms with van der Waals surface area (Å²) in [4.78, 5) is 4.33. The first kappa shape index (κ1) is 11.6. The molecule has 1 fully saturated rings. The van der Waals surface area contributed by atoms with Crippen LogP contribution in [0.2, 0.25) is 0 Å². The Morgan fingerprint density at radius 3 is 3.25 bits per heavy atom. The highest BCUT2D eigenvalue weighted by Crippen LogP contribution is 2.11. The summed E-state index contributed by atoms with van der Waals surface area (Å²) in [7, 11) is 0. The summed E-state index contributed by atoms with van der Waals surface area (Å²) in [6.45, 7) is 5.82. The average molecular weight is 223 g/mol. The van der Waals surface area contributed by atoms with Crippen LogP contribution in [0.1, 0.15) is 32.0 Å². The molecule has 1 aromatic heterocycles. The van der Waals surface area contributed by atoms with Gasteiger partial charge in [-0.05, 0) is 26.2 Å². The van der Waals surface area contributed by atoms with E-state index >= 15 is 0 Å². The Hall–Kier alpha value is -0.870. The second kappa shape index (κ2) is 6.01. The van der Waals surface area contributed by atoms with Crippen molar-refractivity contribution in [1.82, 2.24) is 14.9 Å². The van der Waals surface area contributed by atoms with Gasteiger partial charge in [0.1, 0.15) is 5.82 Å². The predicted molar refractivity (Wildman–Crippen MR) is 63.2 cm³/mol. The molecule has 1 aliphatic rings. The van der Waals surface area contributed by atoms with Crippen LogP contribution < -0.4 is 5.32 Å². The van der Waals surface area contributed by atoms with Crippen LogP contribution in [0.15, 0.2) is 12.4 Å². The molecule has 1 saturated heterocycles. The van der Waals surface area contributed by atoms with Gasteiger partial charge in [0.05, 0.1) is 12.6 Å². The monoisotopic (exact) mass is 223 g/mol. The molecule has 2 heterocycles. The molecular formula is C12H21N3O. The third kappa shape index (κ3) is 3.06. The lowest BCUT2D eigenvalue weighted by Crippen LogP contribution is -2.32. The van der Waals surface area contributed by atoms with Crippen molar-refractivity contribution in [2.45, 2.75) is 45.4 Å². The van der Waals surface area contributed by atoms with Gasteiger partial charge in [0.15, 0.2) is 0 Å². The highest BCUT2D eigenvalue weighted by atomic mass is 16.5. The Labute approximate surface area is 97.0 Å². The van der Waals surface area contributed by atoms with Gasteiger partial charge in [-0.15, -0.1) is 0 Å². The molecule has 0 bridgehead atoms. The summed E-state index contributed by atoms with van der Waals surface area (Å²) in [6.07, 6.45) is 7.99. The molecule has 0 saturated carbocycles. The van der Waals surface area contributed by atoms with Gasteiger partial charge in [0.2, 0.25) is 0 Å². The maximum Gasteiger partial charge on any atom is 0.122 e. The minimum Gasteiger partial charge on any atom is -0.377 e. The smallest absolute Gasteiger partial charge is 0.122 e. The van der Waals surface area contributed by atoms with Crippen LogP contribution in [0.3, 0.4) is 0 Å². The third-order valence-electron chi connectivity index (χ3n) is 3.07. The molecule has 4 nitrogen and oxygen atoms in total. The summed E-state index contributed by atoms with van der Waals surface area (Å²) in [6, 6.07) is 0. The summed E-state index contributed by atoms with van der Waals surface area (Å²) in [5, 5.41) is 3.42. The van der Waals surface area contributed by atoms with Crippen molar-refractivity contribution in [3.63, 3.8) is 0 Å². The number of rotatable bonds is 5. The van der Waals surface area contributed by atoms with Gasteiger partial charge in [-0.1, -0.05) is 0 Å². The van der Waals surface area contributed by atoms with Gasteiger partial charge < -0.3 is 14.6 Å². The third-order valence-corrected chi connectivity index (χ3v) is 3.07. The molecule has 2 rings (SSSR count). The number of nitrogens with zero attached hydrogens (tertiary/aromatic N) is 2. The highest BCUT2D eigenvalue weighted by molar-refractivity contribution is 4.91. The van der Waals surface area contributed by atoms with E-state index in [0.717, 1.165) is 32.1 Å². The van der Waals surface area contributed by atoms with Crippen molar-refractivity contribution in [1.29, 1.82) is 0 Å². The van der Waals surface area contributed by atoms with E-state index < -0.39 is 0 Å². The van der Waals surface area contributed by atoms with Gasteiger partial charge in [0.25, 0.3) is 0 Å². The van der Waals surface area contributed by atoms with Crippen LogP contribution in [0.5, 0.6) is 0 Å². The van der Waals surface area contributed by atoms with Crippen LogP contribution in [0.4, 0.5) is 0 Å². The fraction of sp³-hybridized carbons (Fsp3) is 0.750. The van der Waals surface area contributed by atoms with E-state index in [-0.39, 0.29) is 0 Å². The summed E-state index contributed by atoms with van der Waals surface area (Å²) >= 11 is 0. The molecule has 1 N–H and O–H groups in total. The largest absolute Gasteiger partial charge is 0.377 e. The number of hydrogen-bond donors (Lipinski definition) is 1. The lowest BCUT2D eigenvalue weighted by Gasteiger charge is -2.22. The molecule has 16 heavy (non-hydrogen) atoms. The summed E-state index contributed by atoms with van der Waals surface area (Å²) in [5.41, 5.74) is 0. The lowest BCUT2D eigenvalue weighted by molar-refractivity contribution is 0.0166. The first-order valence-electron chi connectivity index (χ1n) is 6.22. The van der Waals surface area contributed by atoms with Crippen molar-refractivity contribution in [3.8, 4) is 0 Å². The lowest BCUT2D eigenvalue weighted by atomic mass is 10.1. The molecule has 0 aliphatic carbocycles. The number of aromatic nitrogens is 2. The standard InChI is InChI=1S/C12H21N3O/c1-2-15-7-6-14-12(15)10-13-9-11-5-3-4-8-16-11/h6-7,11,13H,2-5,8-10H2,1H3. The molecular weight excluding hydrogens is 202 g/mol. The van der Waals surface area contributed by atoms with Crippen LogP contribution in [-0.4, -0.2) is 28.8 Å². The summed E-state index contributed by atoms with van der Waals surface area (Å²) < 4.78 is 7.83. The van der Waals surface area contributed by atoms with E-state index in [1.54, 1.807) is 0 Å². The summed E-state index contributed by atoms with van der Waals surface area (Å²) in [5.74, 6) is 1.11. The van der Waals surface area contributed by atoms with Crippen molar-refractivity contribution in [2.75, 3.05) is 13.2 Å². The van der Waals surface area contributed by atoms with E-state index in [0.29, 0.717) is 6.10 Å². The van der Waals surface area contributed by atoms with E-state index in [1.165, 1.54) is 19.3 Å². The number of hydrogen-bond acceptors (Lipinski definition) is 3. The second-order valence-corrected chi connectivity index (χ2v) is 4.25. The number of nitrogens with one attached hydrogen (secondary N) is 1. The van der Waals surface area contributed by atoms with Gasteiger partial charge in [-0.2, -0.15) is 0 Å². The minimum absolute atomic E-state index is 0.402. The zero-order chi connectivity index (χ0) is 11.2. The SMILES string of the molecule is CCn1ccnc1CNCC1CCCCO1. The molecule has 1 unspecified atom stereocenters. The Bertz CT molecular complexity index is 305. The molecule has 1 aromatic rings. The Balaban J connectivity index is 1.71. The molecule has 1 atom stereocenters. The first-order chi connectivity index (χ1) is 7.90. The fourth-order valence-corrected chi connectivity index (χ4v) is 2.11. The first-order valence-corrected chi connectivity index (χ1v) is 6.22. The quantitative estimate of drug-likeness (QED) is 0.823. The predicted octanol–water partition coefficient (Wildman–Crippen LogP) is 1.56. The van der Waals surface area contributed by atoms with Crippen molar-refractivity contribution < 1.29 is 4.74 Å². The number of aryl methyl sites for hydroxylation is 1. The second-order valence-electron chi connectivity index (χ2n) is 4.25. The molecule has 4 heteroatoms. The van der Waals surface area contributed by atoms with Gasteiger partial charge in [-0.3, -0.25) is 0 Å². The van der Waals surface area contributed by atoms with E-state index in [9.17, 15) is 0 Å². The van der Waals surface area contributed by atoms with Gasteiger partial charge >= 0.3 is 0 Å². The van der Waals surface area contributed by atoms with Crippen LogP contribution in [-0.2, 0) is 17.8 Å². The molecule has 1 aliphatic heterocycles. The van der Waals surface area contributed by atoms with E-state index in [1.807, 2.05) is 12.4 Å². The Morgan fingerprint density at radius 1 is 1.56 bits per heavy atom. The molecule has 0 amide bonds. The Morgan fingerprint density at radius 2 is 2.50 bits per heavy atom. The number of ether oxygens (including phenoxy) is 1. The molecule has 0 aromatic carbocycles. The van der Waals surface area contributed by atoms with Gasteiger partial charge in [-0.25, -0.2) is 4.98 Å². The molecule has 90 valence electrons.